The van der Waals surface area contributed by atoms with E-state index >= 15 is 0 Å². The van der Waals surface area contributed by atoms with Crippen LogP contribution in [0.15, 0.2) is 36.5 Å². The fourth-order valence-corrected chi connectivity index (χ4v) is 3.81. The highest BCUT2D eigenvalue weighted by Gasteiger charge is 2.33. The van der Waals surface area contributed by atoms with Gasteiger partial charge < -0.3 is 0 Å². The molecule has 14 heavy (non-hydrogen) atoms. The molecule has 1 unspecified atom stereocenters. The summed E-state index contributed by atoms with van der Waals surface area (Å²) in [5, 5.41) is 0. The quantitative estimate of drug-likeness (QED) is 0.714. The first kappa shape index (κ1) is 10.1. The van der Waals surface area contributed by atoms with E-state index in [4.69, 9.17) is 0 Å². The van der Waals surface area contributed by atoms with Crippen molar-refractivity contribution in [1.82, 2.24) is 4.98 Å². The van der Waals surface area contributed by atoms with Crippen LogP contribution in [0.2, 0.25) is 0 Å². The Morgan fingerprint density at radius 3 is 2.93 bits per heavy atom. The maximum Gasteiger partial charge on any atom is 0.106 e. The van der Waals surface area contributed by atoms with Crippen LogP contribution in [0.1, 0.15) is 12.1 Å². The molecule has 1 atom stereocenters. The van der Waals surface area contributed by atoms with E-state index in [1.54, 1.807) is 0 Å². The molecule has 0 saturated carbocycles. The number of hydrogen-bond acceptors (Lipinski definition) is 3. The van der Waals surface area contributed by atoms with Gasteiger partial charge >= 0.3 is 0 Å². The van der Waals surface area contributed by atoms with Crippen LogP contribution in [0.3, 0.4) is 0 Å². The van der Waals surface area contributed by atoms with E-state index in [1.807, 2.05) is 35.8 Å². The fraction of sp³-hybridized carbons (Fsp3) is 0.364. The van der Waals surface area contributed by atoms with Crippen molar-refractivity contribution < 1.29 is 0 Å². The zero-order valence-electron chi connectivity index (χ0n) is 8.14. The molecule has 0 saturated heterocycles. The normalized spacial score (nSPS) is 26.4. The Bertz CT molecular complexity index is 323. The molecule has 74 valence electrons. The van der Waals surface area contributed by atoms with Crippen molar-refractivity contribution in [3.05, 3.63) is 42.2 Å². The van der Waals surface area contributed by atoms with Gasteiger partial charge in [-0.05, 0) is 24.8 Å². The second-order valence-electron chi connectivity index (χ2n) is 3.16. The average molecular weight is 223 g/mol. The Morgan fingerprint density at radius 1 is 1.43 bits per heavy atom. The predicted molar refractivity (Wildman–Crippen MR) is 65.6 cm³/mol. The molecule has 0 bridgehead atoms. The minimum Gasteiger partial charge on any atom is -0.259 e. The minimum atomic E-state index is 0.149. The Labute approximate surface area is 93.4 Å². The van der Waals surface area contributed by atoms with Crippen LogP contribution in [0.5, 0.6) is 0 Å². The second-order valence-corrected chi connectivity index (χ2v) is 5.84. The standard InChI is InChI=1S/C11H13NS2/c1-13-11(7-3-5-9-14-11)10-6-2-4-8-12-10/h2-6,8H,7,9H2,1H3. The molecule has 1 aromatic heterocycles. The van der Waals surface area contributed by atoms with Crippen molar-refractivity contribution in [2.24, 2.45) is 0 Å². The summed E-state index contributed by atoms with van der Waals surface area (Å²) >= 11 is 3.87. The van der Waals surface area contributed by atoms with E-state index in [9.17, 15) is 0 Å². The average Bonchev–Trinajstić information content (AvgIpc) is 2.31. The van der Waals surface area contributed by atoms with E-state index in [1.165, 1.54) is 5.69 Å². The molecule has 1 aromatic rings. The van der Waals surface area contributed by atoms with Crippen molar-refractivity contribution in [2.45, 2.75) is 10.5 Å². The van der Waals surface area contributed by atoms with Crippen LogP contribution in [0, 0.1) is 0 Å². The summed E-state index contributed by atoms with van der Waals surface area (Å²) in [4.78, 5) is 4.47. The van der Waals surface area contributed by atoms with Crippen molar-refractivity contribution in [3.8, 4) is 0 Å². The minimum absolute atomic E-state index is 0.149. The molecule has 2 heterocycles. The van der Waals surface area contributed by atoms with Gasteiger partial charge in [-0.25, -0.2) is 0 Å². The van der Waals surface area contributed by atoms with Crippen molar-refractivity contribution in [1.29, 1.82) is 0 Å². The molecule has 0 amide bonds. The van der Waals surface area contributed by atoms with Gasteiger partial charge in [-0.1, -0.05) is 18.2 Å². The first-order valence-electron chi connectivity index (χ1n) is 4.63. The van der Waals surface area contributed by atoms with Crippen molar-refractivity contribution in [2.75, 3.05) is 12.0 Å². The van der Waals surface area contributed by atoms with Gasteiger partial charge in [-0.2, -0.15) is 0 Å². The molecule has 0 aliphatic carbocycles. The number of rotatable bonds is 2. The number of thioether (sulfide) groups is 2. The lowest BCUT2D eigenvalue weighted by atomic mass is 10.2. The van der Waals surface area contributed by atoms with Crippen LogP contribution >= 0.6 is 23.5 Å². The highest BCUT2D eigenvalue weighted by molar-refractivity contribution is 8.17. The third kappa shape index (κ3) is 1.84. The van der Waals surface area contributed by atoms with Gasteiger partial charge in [0, 0.05) is 11.9 Å². The molecule has 0 spiro atoms. The van der Waals surface area contributed by atoms with E-state index in [2.05, 4.69) is 35.5 Å². The highest BCUT2D eigenvalue weighted by atomic mass is 32.2. The SMILES string of the molecule is CSC1(c2ccccn2)CC=CCS1. The fourth-order valence-electron chi connectivity index (χ4n) is 1.56. The summed E-state index contributed by atoms with van der Waals surface area (Å²) in [5.41, 5.74) is 1.20. The van der Waals surface area contributed by atoms with Gasteiger partial charge in [0.2, 0.25) is 0 Å². The van der Waals surface area contributed by atoms with Crippen LogP contribution < -0.4 is 0 Å². The lowest BCUT2D eigenvalue weighted by molar-refractivity contribution is 0.846. The molecular formula is C11H13NS2. The second kappa shape index (κ2) is 4.41. The van der Waals surface area contributed by atoms with Gasteiger partial charge in [0.25, 0.3) is 0 Å². The van der Waals surface area contributed by atoms with Gasteiger partial charge in [0.15, 0.2) is 0 Å². The van der Waals surface area contributed by atoms with Crippen molar-refractivity contribution >= 4 is 23.5 Å². The smallest absolute Gasteiger partial charge is 0.106 e. The van der Waals surface area contributed by atoms with E-state index in [-0.39, 0.29) is 4.08 Å². The molecular weight excluding hydrogens is 210 g/mol. The van der Waals surface area contributed by atoms with Gasteiger partial charge in [-0.15, -0.1) is 23.5 Å². The summed E-state index contributed by atoms with van der Waals surface area (Å²) in [5.74, 6) is 1.09. The van der Waals surface area contributed by atoms with Gasteiger partial charge in [-0.3, -0.25) is 4.98 Å². The van der Waals surface area contributed by atoms with Crippen LogP contribution in [0.25, 0.3) is 0 Å². The van der Waals surface area contributed by atoms with E-state index in [0.717, 1.165) is 12.2 Å². The summed E-state index contributed by atoms with van der Waals surface area (Å²) in [6.07, 6.45) is 9.63. The molecule has 2 rings (SSSR count). The lowest BCUT2D eigenvalue weighted by Crippen LogP contribution is -2.20. The maximum absolute atomic E-state index is 4.47. The zero-order chi connectivity index (χ0) is 9.86. The van der Waals surface area contributed by atoms with E-state index in [0.29, 0.717) is 0 Å². The lowest BCUT2D eigenvalue weighted by Gasteiger charge is -2.31. The Kier molecular flexibility index (Phi) is 3.19. The van der Waals surface area contributed by atoms with Crippen molar-refractivity contribution in [3.63, 3.8) is 0 Å². The summed E-state index contributed by atoms with van der Waals surface area (Å²) < 4.78 is 0.149. The maximum atomic E-state index is 4.47. The molecule has 0 N–H and O–H groups in total. The predicted octanol–water partition coefficient (Wildman–Crippen LogP) is 3.29. The molecule has 1 aliphatic heterocycles. The Morgan fingerprint density at radius 2 is 2.36 bits per heavy atom. The summed E-state index contributed by atoms with van der Waals surface area (Å²) in [6.45, 7) is 0. The number of nitrogens with zero attached hydrogens (tertiary/aromatic N) is 1. The molecule has 3 heteroatoms. The van der Waals surface area contributed by atoms with Crippen LogP contribution in [-0.2, 0) is 4.08 Å². The Balaban J connectivity index is 2.33. The highest BCUT2D eigenvalue weighted by Crippen LogP contribution is 2.49. The Hall–Kier alpha value is -0.410. The van der Waals surface area contributed by atoms with Gasteiger partial charge in [0.05, 0.1) is 5.69 Å². The third-order valence-corrected chi connectivity index (χ3v) is 5.44. The number of pyridine rings is 1. The third-order valence-electron chi connectivity index (χ3n) is 2.35. The van der Waals surface area contributed by atoms with Crippen LogP contribution in [0.4, 0.5) is 0 Å². The first-order chi connectivity index (χ1) is 6.87. The molecule has 1 aliphatic rings. The zero-order valence-corrected chi connectivity index (χ0v) is 9.78. The molecule has 1 nitrogen and oxygen atoms in total. The summed E-state index contributed by atoms with van der Waals surface area (Å²) in [6, 6.07) is 6.17. The monoisotopic (exact) mass is 223 g/mol. The number of aromatic nitrogens is 1. The summed E-state index contributed by atoms with van der Waals surface area (Å²) in [7, 11) is 0. The molecule has 0 radical (unpaired) electrons. The molecule has 0 aromatic carbocycles. The topological polar surface area (TPSA) is 12.9 Å². The largest absolute Gasteiger partial charge is 0.259 e. The van der Waals surface area contributed by atoms with Crippen LogP contribution in [-0.4, -0.2) is 17.0 Å². The number of allylic oxidation sites excluding steroid dienone is 1. The van der Waals surface area contributed by atoms with Gasteiger partial charge in [0.1, 0.15) is 4.08 Å². The molecule has 0 fully saturated rings. The first-order valence-corrected chi connectivity index (χ1v) is 6.84. The number of hydrogen-bond donors (Lipinski definition) is 0. The van der Waals surface area contributed by atoms with E-state index < -0.39 is 0 Å².